The van der Waals surface area contributed by atoms with E-state index in [-0.39, 0.29) is 41.3 Å². The molecule has 0 radical (unpaired) electrons. The number of aliphatic hydroxyl groups excluding tert-OH is 1. The monoisotopic (exact) mass is 616 g/mol. The van der Waals surface area contributed by atoms with Gasteiger partial charge in [0.05, 0.1) is 35.0 Å². The highest BCUT2D eigenvalue weighted by Crippen LogP contribution is 2.47. The highest BCUT2D eigenvalue weighted by Gasteiger charge is 2.60. The van der Waals surface area contributed by atoms with E-state index >= 15 is 8.78 Å². The quantitative estimate of drug-likeness (QED) is 0.320. The van der Waals surface area contributed by atoms with Gasteiger partial charge in [0, 0.05) is 36.8 Å². The van der Waals surface area contributed by atoms with Gasteiger partial charge in [-0.2, -0.15) is 0 Å². The Balaban J connectivity index is 1.17. The molecule has 1 aromatic carbocycles. The molecule has 4 heterocycles. The standard InChI is InChI=1S/C29H30F2N4O9/c1-11-17(23(28(41)42)35-21(11)19(12(2)36)26(35)38)10-44-29(43)32-13-5-6-33(8-13)24-18(30)7-15-22(20(24)31)34(14-3-4-14)9-16(25(15)37)27(39)40/h7,9,11-14,19,21,36H,3-6,8,10H2,1-2H3,(H,32,43)(H,39,40)(H,41,42)/t11-,12+,13?,19-,21+/m1/s1. The fraction of sp³-hybridized carbons (Fsp3) is 0.483. The van der Waals surface area contributed by atoms with E-state index in [1.54, 1.807) is 6.92 Å². The average Bonchev–Trinajstić information content (AvgIpc) is 3.63. The van der Waals surface area contributed by atoms with Crippen molar-refractivity contribution in [1.82, 2.24) is 14.8 Å². The number of rotatable bonds is 8. The number of pyridine rings is 1. The van der Waals surface area contributed by atoms with Crippen LogP contribution in [-0.4, -0.2) is 86.6 Å². The summed E-state index contributed by atoms with van der Waals surface area (Å²) in [6, 6.07) is -0.512. The molecule has 0 bridgehead atoms. The summed E-state index contributed by atoms with van der Waals surface area (Å²) in [4.78, 5) is 64.0. The van der Waals surface area contributed by atoms with Gasteiger partial charge in [-0.1, -0.05) is 6.92 Å². The first kappa shape index (κ1) is 29.5. The van der Waals surface area contributed by atoms with Gasteiger partial charge in [-0.3, -0.25) is 9.59 Å². The number of nitrogens with zero attached hydrogens (tertiary/aromatic N) is 3. The predicted molar refractivity (Wildman–Crippen MR) is 148 cm³/mol. The van der Waals surface area contributed by atoms with Crippen molar-refractivity contribution in [3.8, 4) is 0 Å². The Morgan fingerprint density at radius 2 is 1.84 bits per heavy atom. The number of hydrogen-bond acceptors (Lipinski definition) is 8. The Kier molecular flexibility index (Phi) is 7.10. The predicted octanol–water partition coefficient (Wildman–Crippen LogP) is 1.81. The maximum Gasteiger partial charge on any atom is 0.407 e. The highest BCUT2D eigenvalue weighted by molar-refractivity contribution is 6.00. The third-order valence-corrected chi connectivity index (χ3v) is 9.06. The molecule has 1 aliphatic carbocycles. The Hall–Kier alpha value is -4.53. The first-order chi connectivity index (χ1) is 20.8. The lowest BCUT2D eigenvalue weighted by atomic mass is 9.78. The number of aliphatic hydroxyl groups is 1. The second kappa shape index (κ2) is 10.6. The molecule has 3 fully saturated rings. The Labute approximate surface area is 248 Å². The summed E-state index contributed by atoms with van der Waals surface area (Å²) in [7, 11) is 0. The summed E-state index contributed by atoms with van der Waals surface area (Å²) in [6.07, 6.45) is 0.827. The van der Waals surface area contributed by atoms with Gasteiger partial charge in [-0.15, -0.1) is 0 Å². The third-order valence-electron chi connectivity index (χ3n) is 9.06. The molecule has 1 aromatic heterocycles. The molecule has 1 saturated carbocycles. The topological polar surface area (TPSA) is 179 Å². The molecule has 6 rings (SSSR count). The minimum atomic E-state index is -1.49. The van der Waals surface area contributed by atoms with Crippen LogP contribution in [0.5, 0.6) is 0 Å². The van der Waals surface area contributed by atoms with Gasteiger partial charge in [-0.25, -0.2) is 23.2 Å². The van der Waals surface area contributed by atoms with Crippen LogP contribution in [0.25, 0.3) is 10.9 Å². The van der Waals surface area contributed by atoms with Crippen molar-refractivity contribution in [3.05, 3.63) is 51.0 Å². The molecule has 44 heavy (non-hydrogen) atoms. The number of β-lactam (4-membered cyclic amide) rings is 1. The molecule has 0 spiro atoms. The zero-order valence-corrected chi connectivity index (χ0v) is 23.8. The number of anilines is 1. The summed E-state index contributed by atoms with van der Waals surface area (Å²) < 4.78 is 37.9. The van der Waals surface area contributed by atoms with E-state index in [2.05, 4.69) is 5.32 Å². The third kappa shape index (κ3) is 4.57. The Morgan fingerprint density at radius 1 is 1.14 bits per heavy atom. The number of benzene rings is 1. The van der Waals surface area contributed by atoms with Crippen molar-refractivity contribution in [2.45, 2.75) is 57.3 Å². The number of carbonyl (C=O) groups is 4. The normalized spacial score (nSPS) is 25.2. The Morgan fingerprint density at radius 3 is 2.45 bits per heavy atom. The molecule has 2 saturated heterocycles. The average molecular weight is 617 g/mol. The lowest BCUT2D eigenvalue weighted by Crippen LogP contribution is -2.63. The van der Waals surface area contributed by atoms with Crippen molar-refractivity contribution in [3.63, 3.8) is 0 Å². The summed E-state index contributed by atoms with van der Waals surface area (Å²) >= 11 is 0. The lowest BCUT2D eigenvalue weighted by molar-refractivity contribution is -0.163. The molecule has 4 aliphatic rings. The number of ether oxygens (including phenoxy) is 1. The molecule has 4 N–H and O–H groups in total. The van der Waals surface area contributed by atoms with E-state index in [9.17, 15) is 39.3 Å². The number of halogens is 2. The second-order valence-electron chi connectivity index (χ2n) is 11.8. The number of nitrogens with one attached hydrogen (secondary N) is 1. The van der Waals surface area contributed by atoms with Crippen molar-refractivity contribution < 1.29 is 48.0 Å². The van der Waals surface area contributed by atoms with E-state index in [1.165, 1.54) is 16.4 Å². The van der Waals surface area contributed by atoms with Crippen LogP contribution in [0.15, 0.2) is 28.3 Å². The first-order valence-electron chi connectivity index (χ1n) is 14.3. The number of hydrogen-bond donors (Lipinski definition) is 4. The van der Waals surface area contributed by atoms with Gasteiger partial charge in [0.25, 0.3) is 0 Å². The van der Waals surface area contributed by atoms with Crippen LogP contribution in [0.4, 0.5) is 19.3 Å². The van der Waals surface area contributed by atoms with Gasteiger partial charge in [0.2, 0.25) is 11.3 Å². The summed E-state index contributed by atoms with van der Waals surface area (Å²) in [5, 5.41) is 31.4. The largest absolute Gasteiger partial charge is 0.477 e. The van der Waals surface area contributed by atoms with Crippen LogP contribution in [0.1, 0.15) is 49.5 Å². The summed E-state index contributed by atoms with van der Waals surface area (Å²) in [5.74, 6) is -6.63. The van der Waals surface area contributed by atoms with Crippen LogP contribution in [0.3, 0.4) is 0 Å². The molecule has 2 aromatic rings. The van der Waals surface area contributed by atoms with Crippen LogP contribution in [0, 0.1) is 23.5 Å². The van der Waals surface area contributed by atoms with Gasteiger partial charge >= 0.3 is 18.0 Å². The van der Waals surface area contributed by atoms with Crippen molar-refractivity contribution in [1.29, 1.82) is 0 Å². The number of aliphatic carboxylic acids is 1. The molecular formula is C29H30F2N4O9. The number of fused-ring (bicyclic) bond motifs is 2. The zero-order valence-electron chi connectivity index (χ0n) is 23.8. The Bertz CT molecular complexity index is 1720. The molecule has 2 amide bonds. The summed E-state index contributed by atoms with van der Waals surface area (Å²) in [6.45, 7) is 2.88. The maximum absolute atomic E-state index is 15.9. The van der Waals surface area contributed by atoms with E-state index in [1.807, 2.05) is 0 Å². The molecule has 234 valence electrons. The zero-order chi connectivity index (χ0) is 31.8. The van der Waals surface area contributed by atoms with Crippen LogP contribution >= 0.6 is 0 Å². The number of alkyl carbamates (subject to hydrolysis) is 1. The minimum Gasteiger partial charge on any atom is -0.477 e. The fourth-order valence-corrected chi connectivity index (χ4v) is 6.78. The molecule has 5 atom stereocenters. The van der Waals surface area contributed by atoms with Crippen molar-refractivity contribution in [2.24, 2.45) is 11.8 Å². The van der Waals surface area contributed by atoms with Crippen LogP contribution < -0.4 is 15.6 Å². The lowest BCUT2D eigenvalue weighted by Gasteiger charge is -2.46. The SMILES string of the molecule is C[C@H](O)[C@H]1C(=O)N2C(C(=O)O)=C(COC(=O)NC3CCN(c4c(F)cc5c(=O)c(C(=O)O)cn(C6CC6)c5c4F)C3)[C@@H](C)[C@@H]12. The number of carbonyl (C=O) groups excluding carboxylic acids is 2. The smallest absolute Gasteiger partial charge is 0.407 e. The number of amides is 2. The second-order valence-corrected chi connectivity index (χ2v) is 11.8. The van der Waals surface area contributed by atoms with Gasteiger partial charge in [0.1, 0.15) is 29.4 Å². The molecular weight excluding hydrogens is 586 g/mol. The molecule has 1 unspecified atom stereocenters. The number of carboxylic acids is 2. The number of carboxylic acid groups (broad SMARTS) is 2. The molecule has 3 aliphatic heterocycles. The first-order valence-corrected chi connectivity index (χ1v) is 14.3. The summed E-state index contributed by atoms with van der Waals surface area (Å²) in [5.41, 5.74) is -2.17. The van der Waals surface area contributed by atoms with Crippen LogP contribution in [0.2, 0.25) is 0 Å². The maximum atomic E-state index is 15.9. The van der Waals surface area contributed by atoms with Gasteiger partial charge < -0.3 is 39.7 Å². The fourth-order valence-electron chi connectivity index (χ4n) is 6.78. The highest BCUT2D eigenvalue weighted by atomic mass is 19.1. The molecule has 15 heteroatoms. The number of aromatic nitrogens is 1. The van der Waals surface area contributed by atoms with Crippen molar-refractivity contribution in [2.75, 3.05) is 24.6 Å². The van der Waals surface area contributed by atoms with Gasteiger partial charge in [-0.05, 0) is 32.3 Å². The van der Waals surface area contributed by atoms with E-state index in [0.717, 1.165) is 17.2 Å². The van der Waals surface area contributed by atoms with Crippen molar-refractivity contribution >= 4 is 40.5 Å². The van der Waals surface area contributed by atoms with E-state index in [0.29, 0.717) is 19.3 Å². The van der Waals surface area contributed by atoms with E-state index in [4.69, 9.17) is 4.74 Å². The van der Waals surface area contributed by atoms with Crippen LogP contribution in [-0.2, 0) is 14.3 Å². The minimum absolute atomic E-state index is 0.00475. The van der Waals surface area contributed by atoms with E-state index < -0.39 is 88.9 Å². The van der Waals surface area contributed by atoms with Gasteiger partial charge in [0.15, 0.2) is 5.82 Å². The number of aromatic carboxylic acids is 1. The molecule has 13 nitrogen and oxygen atoms in total.